The highest BCUT2D eigenvalue weighted by molar-refractivity contribution is 5.76. The number of nitrogens with zero attached hydrogens (tertiary/aromatic N) is 5. The lowest BCUT2D eigenvalue weighted by Gasteiger charge is -2.25. The van der Waals surface area contributed by atoms with Crippen molar-refractivity contribution in [3.8, 4) is 0 Å². The zero-order valence-corrected chi connectivity index (χ0v) is 14.9. The average Bonchev–Trinajstić information content (AvgIpc) is 3.02. The number of rotatable bonds is 5. The van der Waals surface area contributed by atoms with Gasteiger partial charge in [-0.05, 0) is 24.6 Å². The van der Waals surface area contributed by atoms with E-state index in [1.165, 1.54) is 33.9 Å². The van der Waals surface area contributed by atoms with Gasteiger partial charge >= 0.3 is 0 Å². The van der Waals surface area contributed by atoms with E-state index in [9.17, 15) is 14.0 Å². The quantitative estimate of drug-likeness (QED) is 0.699. The molecule has 0 aliphatic rings. The topological polar surface area (TPSA) is 73.0 Å². The van der Waals surface area contributed by atoms with Crippen molar-refractivity contribution >= 4 is 16.9 Å². The van der Waals surface area contributed by atoms with Gasteiger partial charge in [-0.25, -0.2) is 9.37 Å². The highest BCUT2D eigenvalue weighted by Gasteiger charge is 2.18. The molecule has 0 bridgehead atoms. The minimum absolute atomic E-state index is 0.111. The maximum atomic E-state index is 13.0. The van der Waals surface area contributed by atoms with Crippen LogP contribution in [0.25, 0.3) is 11.0 Å². The second kappa shape index (κ2) is 7.07. The summed E-state index contributed by atoms with van der Waals surface area (Å²) in [5, 5.41) is 4.45. The predicted octanol–water partition coefficient (Wildman–Crippen LogP) is 1.88. The van der Waals surface area contributed by atoms with Gasteiger partial charge in [0.2, 0.25) is 5.91 Å². The van der Waals surface area contributed by atoms with Gasteiger partial charge in [-0.15, -0.1) is 0 Å². The van der Waals surface area contributed by atoms with Gasteiger partial charge in [-0.3, -0.25) is 18.8 Å². The Kier molecular flexibility index (Phi) is 4.83. The van der Waals surface area contributed by atoms with E-state index in [0.717, 1.165) is 5.56 Å². The van der Waals surface area contributed by atoms with E-state index in [2.05, 4.69) is 10.1 Å². The van der Waals surface area contributed by atoms with Crippen LogP contribution < -0.4 is 5.56 Å². The van der Waals surface area contributed by atoms with E-state index in [4.69, 9.17) is 0 Å². The largest absolute Gasteiger partial charge is 0.339 e. The molecule has 0 N–H and O–H groups in total. The number of benzene rings is 1. The van der Waals surface area contributed by atoms with Gasteiger partial charge in [-0.1, -0.05) is 12.1 Å². The molecule has 0 unspecified atom stereocenters. The highest BCUT2D eigenvalue weighted by atomic mass is 19.1. The number of fused-ring (bicyclic) bond motifs is 1. The summed E-state index contributed by atoms with van der Waals surface area (Å²) in [6, 6.07) is 5.87. The minimum Gasteiger partial charge on any atom is -0.339 e. The smallest absolute Gasteiger partial charge is 0.264 e. The third kappa shape index (κ3) is 3.35. The maximum absolute atomic E-state index is 13.0. The van der Waals surface area contributed by atoms with E-state index in [0.29, 0.717) is 11.0 Å². The normalized spacial score (nSPS) is 12.3. The minimum atomic E-state index is -0.312. The van der Waals surface area contributed by atoms with Gasteiger partial charge in [0.15, 0.2) is 5.65 Å². The third-order valence-electron chi connectivity index (χ3n) is 4.61. The Morgan fingerprint density at radius 2 is 2.00 bits per heavy atom. The number of hydrogen-bond acceptors (Lipinski definition) is 4. The van der Waals surface area contributed by atoms with Crippen LogP contribution in [-0.4, -0.2) is 37.2 Å². The van der Waals surface area contributed by atoms with Crippen molar-refractivity contribution < 1.29 is 9.18 Å². The molecule has 1 aromatic carbocycles. The number of aryl methyl sites for hydroxylation is 2. The van der Waals surface area contributed by atoms with Crippen LogP contribution >= 0.6 is 0 Å². The van der Waals surface area contributed by atoms with Crippen LogP contribution in [0.1, 0.15) is 24.9 Å². The van der Waals surface area contributed by atoms with Crippen molar-refractivity contribution in [2.75, 3.05) is 7.05 Å². The Bertz CT molecular complexity index is 993. The predicted molar refractivity (Wildman–Crippen MR) is 95.0 cm³/mol. The summed E-state index contributed by atoms with van der Waals surface area (Å²) in [6.07, 6.45) is 3.07. The Balaban J connectivity index is 1.69. The van der Waals surface area contributed by atoms with E-state index in [-0.39, 0.29) is 36.3 Å². The second-order valence-electron chi connectivity index (χ2n) is 6.23. The van der Waals surface area contributed by atoms with Crippen molar-refractivity contribution in [3.63, 3.8) is 0 Å². The number of halogens is 1. The molecule has 8 heteroatoms. The summed E-state index contributed by atoms with van der Waals surface area (Å²) in [5.74, 6) is -0.424. The Hall–Kier alpha value is -3.03. The molecule has 0 radical (unpaired) electrons. The summed E-state index contributed by atoms with van der Waals surface area (Å²) in [5.41, 5.74) is 1.14. The maximum Gasteiger partial charge on any atom is 0.264 e. The van der Waals surface area contributed by atoms with E-state index < -0.39 is 0 Å². The molecule has 0 aliphatic carbocycles. The lowest BCUT2D eigenvalue weighted by molar-refractivity contribution is -0.132. The Morgan fingerprint density at radius 1 is 1.31 bits per heavy atom. The summed E-state index contributed by atoms with van der Waals surface area (Å²) in [7, 11) is 3.41. The van der Waals surface area contributed by atoms with Crippen LogP contribution in [0.4, 0.5) is 4.39 Å². The summed E-state index contributed by atoms with van der Waals surface area (Å²) in [4.78, 5) is 30.7. The fourth-order valence-electron chi connectivity index (χ4n) is 2.80. The molecule has 3 aromatic rings. The van der Waals surface area contributed by atoms with Crippen molar-refractivity contribution in [2.24, 2.45) is 7.05 Å². The molecular weight excluding hydrogens is 337 g/mol. The number of carbonyl (C=O) groups excluding carboxylic acids is 1. The molecule has 7 nitrogen and oxygen atoms in total. The highest BCUT2D eigenvalue weighted by Crippen LogP contribution is 2.19. The van der Waals surface area contributed by atoms with Crippen molar-refractivity contribution in [3.05, 3.63) is 58.5 Å². The molecule has 136 valence electrons. The number of hydrogen-bond donors (Lipinski definition) is 0. The third-order valence-corrected chi connectivity index (χ3v) is 4.61. The zero-order valence-electron chi connectivity index (χ0n) is 14.9. The molecule has 0 saturated carbocycles. The first kappa shape index (κ1) is 17.8. The molecule has 0 aliphatic heterocycles. The first-order chi connectivity index (χ1) is 12.4. The van der Waals surface area contributed by atoms with E-state index >= 15 is 0 Å². The van der Waals surface area contributed by atoms with Gasteiger partial charge < -0.3 is 4.90 Å². The van der Waals surface area contributed by atoms with Crippen molar-refractivity contribution in [2.45, 2.75) is 25.9 Å². The Labute approximate surface area is 149 Å². The van der Waals surface area contributed by atoms with E-state index in [1.54, 1.807) is 31.1 Å². The first-order valence-electron chi connectivity index (χ1n) is 8.26. The van der Waals surface area contributed by atoms with Gasteiger partial charge in [0.25, 0.3) is 5.56 Å². The monoisotopic (exact) mass is 357 g/mol. The fraction of sp³-hybridized carbons (Fsp3) is 0.333. The van der Waals surface area contributed by atoms with Crippen molar-refractivity contribution in [1.82, 2.24) is 24.2 Å². The lowest BCUT2D eigenvalue weighted by Crippen LogP contribution is -2.31. The van der Waals surface area contributed by atoms with Crippen LogP contribution in [0.3, 0.4) is 0 Å². The van der Waals surface area contributed by atoms with Gasteiger partial charge in [-0.2, -0.15) is 5.10 Å². The average molecular weight is 357 g/mol. The fourth-order valence-corrected chi connectivity index (χ4v) is 2.80. The van der Waals surface area contributed by atoms with E-state index in [1.807, 2.05) is 6.92 Å². The van der Waals surface area contributed by atoms with Gasteiger partial charge in [0, 0.05) is 27.1 Å². The summed E-state index contributed by atoms with van der Waals surface area (Å²) >= 11 is 0. The molecule has 26 heavy (non-hydrogen) atoms. The van der Waals surface area contributed by atoms with Crippen LogP contribution in [0.2, 0.25) is 0 Å². The molecule has 1 amide bonds. The van der Waals surface area contributed by atoms with Crippen LogP contribution in [0, 0.1) is 5.82 Å². The molecule has 2 heterocycles. The molecule has 1 atom stereocenters. The van der Waals surface area contributed by atoms with Crippen molar-refractivity contribution in [1.29, 1.82) is 0 Å². The molecule has 2 aromatic heterocycles. The molecule has 0 spiro atoms. The molecule has 0 saturated heterocycles. The first-order valence-corrected chi connectivity index (χ1v) is 8.26. The zero-order chi connectivity index (χ0) is 18.8. The molecular formula is C18H20FN5O2. The molecule has 3 rings (SSSR count). The summed E-state index contributed by atoms with van der Waals surface area (Å²) in [6.45, 7) is 2.11. The number of carbonyl (C=O) groups is 1. The number of aromatic nitrogens is 4. The van der Waals surface area contributed by atoms with Gasteiger partial charge in [0.1, 0.15) is 11.2 Å². The Morgan fingerprint density at radius 3 is 2.69 bits per heavy atom. The summed E-state index contributed by atoms with van der Waals surface area (Å²) < 4.78 is 16.0. The van der Waals surface area contributed by atoms with Crippen LogP contribution in [0.5, 0.6) is 0 Å². The number of amides is 1. The standard InChI is InChI=1S/C18H20FN5O2/c1-12(13-4-6-14(19)7-5-13)22(2)16(25)8-9-24-11-20-17-15(18(24)26)10-21-23(17)3/h4-7,10-12H,8-9H2,1-3H3/t12-/m1/s1. The second-order valence-corrected chi connectivity index (χ2v) is 6.23. The van der Waals surface area contributed by atoms with Crippen LogP contribution in [-0.2, 0) is 18.4 Å². The van der Waals surface area contributed by atoms with Crippen LogP contribution in [0.15, 0.2) is 41.6 Å². The van der Waals surface area contributed by atoms with Gasteiger partial charge in [0.05, 0.1) is 18.6 Å². The lowest BCUT2D eigenvalue weighted by atomic mass is 10.1. The SMILES string of the molecule is C[C@H](c1ccc(F)cc1)N(C)C(=O)CCn1cnc2c(cnn2C)c1=O. The molecule has 0 fully saturated rings.